The van der Waals surface area contributed by atoms with Crippen LogP contribution in [0.5, 0.6) is 0 Å². The largest absolute Gasteiger partial charge is 0.456 e. The zero-order chi connectivity index (χ0) is 17.5. The molecule has 5 heteroatoms. The van der Waals surface area contributed by atoms with E-state index in [2.05, 4.69) is 6.58 Å². The molecule has 1 aliphatic rings. The molecule has 0 N–H and O–H groups in total. The molecule has 1 heterocycles. The molecular formula is C19H23NO4. The molecule has 24 heavy (non-hydrogen) atoms. The third kappa shape index (κ3) is 4.55. The van der Waals surface area contributed by atoms with Crippen LogP contribution >= 0.6 is 0 Å². The van der Waals surface area contributed by atoms with Gasteiger partial charge in [-0.15, -0.1) is 6.58 Å². The Morgan fingerprint density at radius 2 is 2.04 bits per heavy atom. The molecule has 0 spiro atoms. The van der Waals surface area contributed by atoms with Crippen molar-refractivity contribution in [3.63, 3.8) is 0 Å². The molecule has 0 fully saturated rings. The van der Waals surface area contributed by atoms with Crippen LogP contribution < -0.4 is 0 Å². The minimum absolute atomic E-state index is 0.100. The lowest BCUT2D eigenvalue weighted by molar-refractivity contribution is -0.155. The maximum atomic E-state index is 12.0. The fourth-order valence-corrected chi connectivity index (χ4v) is 2.80. The molecule has 5 nitrogen and oxygen atoms in total. The Morgan fingerprint density at radius 1 is 1.33 bits per heavy atom. The first kappa shape index (κ1) is 17.9. The molecular weight excluding hydrogens is 306 g/mol. The number of carbonyl (C=O) groups excluding carboxylic acids is 2. The van der Waals surface area contributed by atoms with Crippen LogP contribution in [0.4, 0.5) is 0 Å². The van der Waals surface area contributed by atoms with Crippen molar-refractivity contribution in [1.29, 1.82) is 0 Å². The first-order chi connectivity index (χ1) is 11.5. The number of amides is 1. The Kier molecular flexibility index (Phi) is 6.32. The third-order valence-corrected chi connectivity index (χ3v) is 3.89. The molecule has 128 valence electrons. The van der Waals surface area contributed by atoms with Crippen LogP contribution in [0.25, 0.3) is 0 Å². The lowest BCUT2D eigenvalue weighted by atomic mass is 9.98. The van der Waals surface area contributed by atoms with Gasteiger partial charge in [0.05, 0.1) is 6.61 Å². The summed E-state index contributed by atoms with van der Waals surface area (Å²) in [5.74, 6) is -0.498. The van der Waals surface area contributed by atoms with Crippen molar-refractivity contribution in [2.75, 3.05) is 6.54 Å². The third-order valence-electron chi connectivity index (χ3n) is 3.89. The van der Waals surface area contributed by atoms with E-state index in [0.717, 1.165) is 5.56 Å². The van der Waals surface area contributed by atoms with Crippen molar-refractivity contribution in [3.8, 4) is 0 Å². The molecule has 1 amide bonds. The van der Waals surface area contributed by atoms with Gasteiger partial charge >= 0.3 is 5.97 Å². The fraction of sp³-hybridized carbons (Fsp3) is 0.368. The number of carbonyl (C=O) groups is 2. The number of ether oxygens (including phenoxy) is 2. The summed E-state index contributed by atoms with van der Waals surface area (Å²) in [6.45, 7) is 7.52. The molecule has 3 atom stereocenters. The number of nitrogens with zero attached hydrogens (tertiary/aromatic N) is 1. The van der Waals surface area contributed by atoms with Crippen molar-refractivity contribution in [2.45, 2.75) is 38.7 Å². The van der Waals surface area contributed by atoms with Gasteiger partial charge in [-0.1, -0.05) is 42.5 Å². The summed E-state index contributed by atoms with van der Waals surface area (Å²) >= 11 is 0. The Balaban J connectivity index is 2.18. The first-order valence-electron chi connectivity index (χ1n) is 7.92. The molecule has 0 radical (unpaired) electrons. The van der Waals surface area contributed by atoms with Gasteiger partial charge in [0.15, 0.2) is 0 Å². The monoisotopic (exact) mass is 329 g/mol. The van der Waals surface area contributed by atoms with Crippen molar-refractivity contribution in [2.24, 2.45) is 0 Å². The van der Waals surface area contributed by atoms with E-state index in [1.807, 2.05) is 36.4 Å². The zero-order valence-electron chi connectivity index (χ0n) is 14.1. The van der Waals surface area contributed by atoms with Crippen molar-refractivity contribution < 1.29 is 19.1 Å². The van der Waals surface area contributed by atoms with Crippen LogP contribution in [0.15, 0.2) is 55.1 Å². The Bertz CT molecular complexity index is 611. The second kappa shape index (κ2) is 8.45. The van der Waals surface area contributed by atoms with E-state index >= 15 is 0 Å². The Hall–Kier alpha value is -2.40. The average molecular weight is 329 g/mol. The smallest absolute Gasteiger partial charge is 0.303 e. The Labute approximate surface area is 142 Å². The van der Waals surface area contributed by atoms with E-state index in [0.29, 0.717) is 13.2 Å². The molecule has 0 unspecified atom stereocenters. The lowest BCUT2D eigenvalue weighted by Crippen LogP contribution is -2.55. The maximum absolute atomic E-state index is 12.0. The van der Waals surface area contributed by atoms with Gasteiger partial charge in [-0.25, -0.2) is 0 Å². The average Bonchev–Trinajstić information content (AvgIpc) is 2.56. The van der Waals surface area contributed by atoms with Gasteiger partial charge in [0.25, 0.3) is 0 Å². The van der Waals surface area contributed by atoms with E-state index in [1.54, 1.807) is 17.1 Å². The maximum Gasteiger partial charge on any atom is 0.303 e. The highest BCUT2D eigenvalue weighted by Crippen LogP contribution is 2.22. The summed E-state index contributed by atoms with van der Waals surface area (Å²) in [6, 6.07) is 9.32. The minimum atomic E-state index is -0.557. The topological polar surface area (TPSA) is 55.8 Å². The predicted molar refractivity (Wildman–Crippen MR) is 91.1 cm³/mol. The summed E-state index contributed by atoms with van der Waals surface area (Å²) in [7, 11) is 0. The van der Waals surface area contributed by atoms with Crippen molar-refractivity contribution in [3.05, 3.63) is 60.7 Å². The number of hydrogen-bond acceptors (Lipinski definition) is 4. The van der Waals surface area contributed by atoms with E-state index in [-0.39, 0.29) is 5.91 Å². The number of rotatable bonds is 6. The summed E-state index contributed by atoms with van der Waals surface area (Å²) in [5.41, 5.74) is 1.02. The van der Waals surface area contributed by atoms with Gasteiger partial charge in [0, 0.05) is 20.4 Å². The summed E-state index contributed by atoms with van der Waals surface area (Å²) < 4.78 is 11.3. The highest BCUT2D eigenvalue weighted by atomic mass is 16.5. The minimum Gasteiger partial charge on any atom is -0.456 e. The lowest BCUT2D eigenvalue weighted by Gasteiger charge is -2.40. The quantitative estimate of drug-likeness (QED) is 0.594. The van der Waals surface area contributed by atoms with Gasteiger partial charge in [0.1, 0.15) is 18.2 Å². The fourth-order valence-electron chi connectivity index (χ4n) is 2.80. The van der Waals surface area contributed by atoms with Crippen LogP contribution in [0.2, 0.25) is 0 Å². The molecule has 0 aliphatic carbocycles. The Morgan fingerprint density at radius 3 is 2.62 bits per heavy atom. The molecule has 0 saturated carbocycles. The van der Waals surface area contributed by atoms with Crippen LogP contribution in [0.3, 0.4) is 0 Å². The standard InChI is InChI=1S/C19H23NO4/c1-4-17(23-13-16-9-6-5-7-10-16)19-18(24-15(3)22)11-8-12-20(19)14(2)21/h4-11,17-19H,1,12-13H2,2-3H3/t17-,18-,19+/m0/s1. The highest BCUT2D eigenvalue weighted by Gasteiger charge is 2.37. The molecule has 1 aliphatic heterocycles. The zero-order valence-corrected chi connectivity index (χ0v) is 14.1. The first-order valence-corrected chi connectivity index (χ1v) is 7.92. The molecule has 0 bridgehead atoms. The number of benzene rings is 1. The number of hydrogen-bond donors (Lipinski definition) is 0. The molecule has 2 rings (SSSR count). The second-order valence-electron chi connectivity index (χ2n) is 5.66. The molecule has 0 saturated heterocycles. The molecule has 0 aromatic heterocycles. The van der Waals surface area contributed by atoms with Crippen molar-refractivity contribution in [1.82, 2.24) is 4.90 Å². The molecule has 1 aromatic rings. The normalized spacial score (nSPS) is 21.2. The molecule has 1 aromatic carbocycles. The van der Waals surface area contributed by atoms with E-state index in [4.69, 9.17) is 9.47 Å². The highest BCUT2D eigenvalue weighted by molar-refractivity contribution is 5.74. The number of esters is 1. The van der Waals surface area contributed by atoms with Crippen LogP contribution in [-0.4, -0.2) is 41.6 Å². The van der Waals surface area contributed by atoms with Gasteiger partial charge in [-0.3, -0.25) is 9.59 Å². The summed E-state index contributed by atoms with van der Waals surface area (Å²) in [5, 5.41) is 0. The van der Waals surface area contributed by atoms with E-state index < -0.39 is 24.2 Å². The van der Waals surface area contributed by atoms with Gasteiger partial charge in [0.2, 0.25) is 5.91 Å². The van der Waals surface area contributed by atoms with Gasteiger partial charge in [-0.05, 0) is 11.6 Å². The SMILES string of the molecule is C=C[C@H](OCc1ccccc1)[C@@H]1[C@@H](OC(C)=O)C=CCN1C(C)=O. The van der Waals surface area contributed by atoms with Gasteiger partial charge < -0.3 is 14.4 Å². The van der Waals surface area contributed by atoms with Crippen molar-refractivity contribution >= 4 is 11.9 Å². The van der Waals surface area contributed by atoms with Crippen LogP contribution in [0, 0.1) is 0 Å². The second-order valence-corrected chi connectivity index (χ2v) is 5.66. The summed E-state index contributed by atoms with van der Waals surface area (Å²) in [4.78, 5) is 25.0. The van der Waals surface area contributed by atoms with Gasteiger partial charge in [-0.2, -0.15) is 0 Å². The van der Waals surface area contributed by atoms with E-state index in [9.17, 15) is 9.59 Å². The van der Waals surface area contributed by atoms with E-state index in [1.165, 1.54) is 13.8 Å². The van der Waals surface area contributed by atoms with Crippen LogP contribution in [0.1, 0.15) is 19.4 Å². The summed E-state index contributed by atoms with van der Waals surface area (Å²) in [6.07, 6.45) is 4.26. The predicted octanol–water partition coefficient (Wildman–Crippen LogP) is 2.48. The van der Waals surface area contributed by atoms with Crippen LogP contribution in [-0.2, 0) is 25.7 Å².